The van der Waals surface area contributed by atoms with Gasteiger partial charge in [0.25, 0.3) is 0 Å². The molecule has 2 heterocycles. The summed E-state index contributed by atoms with van der Waals surface area (Å²) in [5.74, 6) is -0.0479. The first-order valence-electron chi connectivity index (χ1n) is 15.2. The van der Waals surface area contributed by atoms with Gasteiger partial charge in [0.05, 0.1) is 52.2 Å². The van der Waals surface area contributed by atoms with Crippen molar-refractivity contribution in [2.75, 3.05) is 53.1 Å². The number of hydrogen-bond acceptors (Lipinski definition) is 8. The summed E-state index contributed by atoms with van der Waals surface area (Å²) < 4.78 is 15.2. The van der Waals surface area contributed by atoms with Gasteiger partial charge in [0.1, 0.15) is 18.1 Å². The number of carbonyl (C=O) groups is 4. The van der Waals surface area contributed by atoms with Crippen molar-refractivity contribution >= 4 is 24.0 Å². The van der Waals surface area contributed by atoms with Crippen molar-refractivity contribution in [2.24, 2.45) is 5.92 Å². The highest BCUT2D eigenvalue weighted by Crippen LogP contribution is 2.28. The Morgan fingerprint density at radius 3 is 2.21 bits per heavy atom. The Kier molecular flexibility index (Phi) is 16.7. The van der Waals surface area contributed by atoms with Crippen molar-refractivity contribution in [3.05, 3.63) is 29.8 Å². The van der Waals surface area contributed by atoms with Crippen LogP contribution in [0.15, 0.2) is 24.3 Å². The van der Waals surface area contributed by atoms with Crippen LogP contribution in [0.25, 0.3) is 0 Å². The van der Waals surface area contributed by atoms with Crippen LogP contribution in [-0.2, 0) is 35.1 Å². The SMILES string of the molecule is CC.CC1CO1.COc1ccc(CC(NC(=O)CNC(=O)CN2CCOCC2)C(=O)N[C@H](C=O)CC2CCCC2)cc1. The van der Waals surface area contributed by atoms with E-state index in [0.717, 1.165) is 44.1 Å². The molecule has 3 aliphatic rings. The number of aldehydes is 1. The molecular formula is C31H50N4O7. The molecule has 0 bridgehead atoms. The number of ether oxygens (including phenoxy) is 3. The number of amides is 3. The van der Waals surface area contributed by atoms with E-state index in [2.05, 4.69) is 22.9 Å². The molecule has 0 aromatic heterocycles. The summed E-state index contributed by atoms with van der Waals surface area (Å²) in [7, 11) is 1.57. The van der Waals surface area contributed by atoms with Crippen LogP contribution in [0.5, 0.6) is 5.75 Å². The summed E-state index contributed by atoms with van der Waals surface area (Å²) in [6.07, 6.45) is 6.63. The average Bonchev–Trinajstić information content (AvgIpc) is 3.62. The van der Waals surface area contributed by atoms with Gasteiger partial charge in [-0.15, -0.1) is 0 Å². The monoisotopic (exact) mass is 590 g/mol. The van der Waals surface area contributed by atoms with Crippen molar-refractivity contribution in [2.45, 2.75) is 77.5 Å². The van der Waals surface area contributed by atoms with Gasteiger partial charge in [-0.2, -0.15) is 0 Å². The Morgan fingerprint density at radius 1 is 1.05 bits per heavy atom. The first-order chi connectivity index (χ1) is 20.4. The molecular weight excluding hydrogens is 540 g/mol. The second-order valence-corrected chi connectivity index (χ2v) is 10.6. The minimum absolute atomic E-state index is 0.189. The van der Waals surface area contributed by atoms with Gasteiger partial charge in [-0.1, -0.05) is 51.7 Å². The van der Waals surface area contributed by atoms with Crippen LogP contribution in [0.4, 0.5) is 0 Å². The predicted molar refractivity (Wildman–Crippen MR) is 160 cm³/mol. The number of benzene rings is 1. The van der Waals surface area contributed by atoms with Gasteiger partial charge < -0.3 is 35.0 Å². The van der Waals surface area contributed by atoms with Gasteiger partial charge in [-0.05, 0) is 37.0 Å². The van der Waals surface area contributed by atoms with Crippen LogP contribution < -0.4 is 20.7 Å². The van der Waals surface area contributed by atoms with Crippen LogP contribution in [-0.4, -0.2) is 100 Å². The van der Waals surface area contributed by atoms with Gasteiger partial charge in [0.2, 0.25) is 17.7 Å². The second kappa shape index (κ2) is 20.0. The summed E-state index contributed by atoms with van der Waals surface area (Å²) in [4.78, 5) is 51.6. The molecule has 0 radical (unpaired) electrons. The Morgan fingerprint density at radius 2 is 1.67 bits per heavy atom. The number of carbonyl (C=O) groups excluding carboxylic acids is 4. The fourth-order valence-corrected chi connectivity index (χ4v) is 4.78. The first kappa shape index (κ1) is 35.2. The van der Waals surface area contributed by atoms with Crippen LogP contribution >= 0.6 is 0 Å². The van der Waals surface area contributed by atoms with Crippen molar-refractivity contribution in [1.29, 1.82) is 0 Å². The third kappa shape index (κ3) is 14.2. The van der Waals surface area contributed by atoms with E-state index in [-0.39, 0.29) is 25.4 Å². The van der Waals surface area contributed by atoms with Crippen LogP contribution in [0, 0.1) is 5.92 Å². The molecule has 4 rings (SSSR count). The zero-order valence-corrected chi connectivity index (χ0v) is 25.7. The quantitative estimate of drug-likeness (QED) is 0.234. The minimum atomic E-state index is -0.895. The molecule has 11 heteroatoms. The molecule has 1 aromatic carbocycles. The molecule has 3 atom stereocenters. The van der Waals surface area contributed by atoms with Crippen LogP contribution in [0.2, 0.25) is 0 Å². The van der Waals surface area contributed by atoms with E-state index in [1.807, 2.05) is 30.9 Å². The molecule has 1 saturated carbocycles. The molecule has 236 valence electrons. The van der Waals surface area contributed by atoms with Crippen molar-refractivity contribution in [3.63, 3.8) is 0 Å². The molecule has 42 heavy (non-hydrogen) atoms. The Labute approximate surface area is 250 Å². The molecule has 2 saturated heterocycles. The topological polar surface area (TPSA) is 139 Å². The molecule has 3 fully saturated rings. The van der Waals surface area contributed by atoms with Gasteiger partial charge in [0.15, 0.2) is 0 Å². The summed E-state index contributed by atoms with van der Waals surface area (Å²) >= 11 is 0. The highest BCUT2D eigenvalue weighted by molar-refractivity contribution is 5.91. The van der Waals surface area contributed by atoms with Crippen LogP contribution in [0.3, 0.4) is 0 Å². The van der Waals surface area contributed by atoms with Gasteiger partial charge in [-0.3, -0.25) is 19.3 Å². The second-order valence-electron chi connectivity index (χ2n) is 10.6. The lowest BCUT2D eigenvalue weighted by Gasteiger charge is -2.26. The van der Waals surface area contributed by atoms with Gasteiger partial charge in [0, 0.05) is 19.5 Å². The highest BCUT2D eigenvalue weighted by atomic mass is 16.6. The lowest BCUT2D eigenvalue weighted by atomic mass is 9.98. The smallest absolute Gasteiger partial charge is 0.243 e. The molecule has 2 unspecified atom stereocenters. The zero-order valence-electron chi connectivity index (χ0n) is 25.7. The fraction of sp³-hybridized carbons (Fsp3) is 0.677. The number of morpholine rings is 1. The lowest BCUT2D eigenvalue weighted by molar-refractivity contribution is -0.131. The number of methoxy groups -OCH3 is 1. The maximum Gasteiger partial charge on any atom is 0.243 e. The summed E-state index contributed by atoms with van der Waals surface area (Å²) in [5, 5.41) is 8.15. The van der Waals surface area contributed by atoms with Crippen molar-refractivity contribution < 1.29 is 33.4 Å². The molecule has 11 nitrogen and oxygen atoms in total. The molecule has 3 N–H and O–H groups in total. The van der Waals surface area contributed by atoms with E-state index in [9.17, 15) is 19.2 Å². The largest absolute Gasteiger partial charge is 0.497 e. The highest BCUT2D eigenvalue weighted by Gasteiger charge is 2.26. The normalized spacial score (nSPS) is 19.5. The number of hydrogen-bond donors (Lipinski definition) is 3. The summed E-state index contributed by atoms with van der Waals surface area (Å²) in [5.41, 5.74) is 0.825. The average molecular weight is 591 g/mol. The number of nitrogens with one attached hydrogen (secondary N) is 3. The maximum atomic E-state index is 13.1. The Balaban J connectivity index is 0.000000926. The van der Waals surface area contributed by atoms with E-state index >= 15 is 0 Å². The molecule has 2 aliphatic heterocycles. The summed E-state index contributed by atoms with van der Waals surface area (Å²) in [6, 6.07) is 5.73. The Hall–Kier alpha value is -3.02. The number of rotatable bonds is 13. The maximum absolute atomic E-state index is 13.1. The number of epoxide rings is 1. The molecule has 3 amide bonds. The van der Waals surface area contributed by atoms with Crippen molar-refractivity contribution in [3.8, 4) is 5.75 Å². The van der Waals surface area contributed by atoms with E-state index < -0.39 is 23.9 Å². The molecule has 1 aromatic rings. The molecule has 0 spiro atoms. The first-order valence-corrected chi connectivity index (χ1v) is 15.2. The Bertz CT molecular complexity index is 943. The third-order valence-corrected chi connectivity index (χ3v) is 7.22. The van der Waals surface area contributed by atoms with Gasteiger partial charge in [-0.25, -0.2) is 0 Å². The van der Waals surface area contributed by atoms with Crippen molar-refractivity contribution in [1.82, 2.24) is 20.9 Å². The van der Waals surface area contributed by atoms with Gasteiger partial charge >= 0.3 is 0 Å². The van der Waals surface area contributed by atoms with E-state index in [4.69, 9.17) is 14.2 Å². The van der Waals surface area contributed by atoms with E-state index in [1.54, 1.807) is 19.2 Å². The van der Waals surface area contributed by atoms with E-state index in [1.165, 1.54) is 0 Å². The fourth-order valence-electron chi connectivity index (χ4n) is 4.78. The predicted octanol–water partition coefficient (Wildman–Crippen LogP) is 1.87. The number of nitrogens with zero attached hydrogens (tertiary/aromatic N) is 1. The minimum Gasteiger partial charge on any atom is -0.497 e. The standard InChI is InChI=1S/C26H38N4O6.C3H6O.C2H6/c1-35-22-8-6-20(7-9-22)15-23(26(34)28-21(18-31)14-19-4-2-3-5-19)29-24(32)16-27-25(33)17-30-10-12-36-13-11-30;1-3-2-4-3;1-2/h6-9,18-19,21,23H,2-5,10-17H2,1H3,(H,27,33)(H,28,34)(H,29,32);3H,2H2,1H3;1-2H3/t21-,23?;;/m0../s1. The van der Waals surface area contributed by atoms with Crippen LogP contribution in [0.1, 0.15) is 58.4 Å². The zero-order chi connectivity index (χ0) is 30.7. The molecule has 1 aliphatic carbocycles. The summed E-state index contributed by atoms with van der Waals surface area (Å²) in [6.45, 7) is 9.49. The van der Waals surface area contributed by atoms with E-state index in [0.29, 0.717) is 50.5 Å². The lowest BCUT2D eigenvalue weighted by Crippen LogP contribution is -2.53. The third-order valence-electron chi connectivity index (χ3n) is 7.22.